The molecule has 8 nitrogen and oxygen atoms in total. The largest absolute Gasteiger partial charge is 0.372 e. The Bertz CT molecular complexity index is 1560. The van der Waals surface area contributed by atoms with Gasteiger partial charge in [-0.1, -0.05) is 48.0 Å². The number of benzene rings is 2. The average Bonchev–Trinajstić information content (AvgIpc) is 3.70. The highest BCUT2D eigenvalue weighted by Crippen LogP contribution is 2.22. The molecule has 0 bridgehead atoms. The van der Waals surface area contributed by atoms with Gasteiger partial charge in [0.2, 0.25) is 5.82 Å². The fourth-order valence-corrected chi connectivity index (χ4v) is 6.17. The van der Waals surface area contributed by atoms with Crippen molar-refractivity contribution in [3.8, 4) is 0 Å². The maximum atomic E-state index is 13.7. The summed E-state index contributed by atoms with van der Waals surface area (Å²) in [5.41, 5.74) is 3.61. The van der Waals surface area contributed by atoms with E-state index in [4.69, 9.17) is 4.74 Å². The zero-order valence-electron chi connectivity index (χ0n) is 21.3. The first kappa shape index (κ1) is 24.7. The fraction of sp³-hybridized carbons (Fsp3) is 0.310. The topological polar surface area (TPSA) is 90.1 Å². The number of hydrogen-bond donors (Lipinski definition) is 2. The standard InChI is InChI=1S/C29H30N6O2S/c1-20-11-12-26-22(15-20)16-25(29(36)30-26)27(28-31-32-33-35(28)17-21-7-3-2-4-8-21)34(18-23-9-5-13-37-23)19-24-10-6-14-38-24/h2-4,6-8,10-12,14-16,23,27H,5,9,13,17-19H2,1H3,(H,30,36)/p+1. The molecule has 3 aromatic heterocycles. The van der Waals surface area contributed by atoms with Crippen LogP contribution in [0.1, 0.15) is 46.3 Å². The highest BCUT2D eigenvalue weighted by molar-refractivity contribution is 7.09. The van der Waals surface area contributed by atoms with Crippen LogP contribution >= 0.6 is 11.3 Å². The number of fused-ring (bicyclic) bond motifs is 1. The zero-order valence-corrected chi connectivity index (χ0v) is 22.2. The van der Waals surface area contributed by atoms with Gasteiger partial charge < -0.3 is 14.6 Å². The van der Waals surface area contributed by atoms with Crippen LogP contribution in [0.2, 0.25) is 0 Å². The molecule has 2 N–H and O–H groups in total. The lowest BCUT2D eigenvalue weighted by atomic mass is 10.0. The van der Waals surface area contributed by atoms with Crippen molar-refractivity contribution >= 4 is 22.2 Å². The van der Waals surface area contributed by atoms with E-state index in [-0.39, 0.29) is 17.7 Å². The molecule has 0 aliphatic carbocycles. The summed E-state index contributed by atoms with van der Waals surface area (Å²) in [6, 6.07) is 22.1. The van der Waals surface area contributed by atoms with E-state index in [0.29, 0.717) is 17.9 Å². The van der Waals surface area contributed by atoms with Crippen molar-refractivity contribution in [2.45, 2.75) is 45.0 Å². The number of ether oxygens (including phenoxy) is 1. The van der Waals surface area contributed by atoms with Crippen molar-refractivity contribution in [3.63, 3.8) is 0 Å². The molecule has 1 aliphatic heterocycles. The van der Waals surface area contributed by atoms with E-state index in [1.165, 1.54) is 9.78 Å². The summed E-state index contributed by atoms with van der Waals surface area (Å²) < 4.78 is 7.92. The third kappa shape index (κ3) is 5.31. The molecule has 38 heavy (non-hydrogen) atoms. The van der Waals surface area contributed by atoms with Gasteiger partial charge in [-0.15, -0.1) is 16.4 Å². The molecule has 9 heteroatoms. The Morgan fingerprint density at radius 3 is 2.84 bits per heavy atom. The summed E-state index contributed by atoms with van der Waals surface area (Å²) in [5.74, 6) is 0.677. The lowest BCUT2D eigenvalue weighted by Gasteiger charge is -2.29. The molecule has 4 heterocycles. The number of nitrogens with zero attached hydrogens (tertiary/aromatic N) is 4. The van der Waals surface area contributed by atoms with E-state index < -0.39 is 0 Å². The minimum absolute atomic E-state index is 0.114. The number of quaternary nitrogens is 1. The lowest BCUT2D eigenvalue weighted by Crippen LogP contribution is -3.12. The van der Waals surface area contributed by atoms with E-state index in [1.807, 2.05) is 41.1 Å². The molecule has 0 radical (unpaired) electrons. The lowest BCUT2D eigenvalue weighted by molar-refractivity contribution is -0.942. The van der Waals surface area contributed by atoms with Gasteiger partial charge >= 0.3 is 0 Å². The predicted molar refractivity (Wildman–Crippen MR) is 147 cm³/mol. The van der Waals surface area contributed by atoms with Crippen LogP contribution in [0, 0.1) is 6.92 Å². The monoisotopic (exact) mass is 527 g/mol. The minimum Gasteiger partial charge on any atom is -0.372 e. The number of aryl methyl sites for hydroxylation is 1. The van der Waals surface area contributed by atoms with Crippen molar-refractivity contribution in [1.82, 2.24) is 25.2 Å². The number of aromatic nitrogens is 5. The van der Waals surface area contributed by atoms with Gasteiger partial charge in [0.15, 0.2) is 6.04 Å². The van der Waals surface area contributed by atoms with Gasteiger partial charge in [0.25, 0.3) is 5.56 Å². The molecule has 1 saturated heterocycles. The molecule has 5 aromatic rings. The Morgan fingerprint density at radius 2 is 2.05 bits per heavy atom. The molecule has 1 fully saturated rings. The Balaban J connectivity index is 1.49. The van der Waals surface area contributed by atoms with Crippen molar-refractivity contribution < 1.29 is 9.64 Å². The molecule has 0 saturated carbocycles. The summed E-state index contributed by atoms with van der Waals surface area (Å²) in [6.07, 6.45) is 2.21. The summed E-state index contributed by atoms with van der Waals surface area (Å²) in [6.45, 7) is 4.87. The van der Waals surface area contributed by atoms with Crippen LogP contribution in [0.15, 0.2) is 76.9 Å². The Morgan fingerprint density at radius 1 is 1.16 bits per heavy atom. The van der Waals surface area contributed by atoms with Crippen molar-refractivity contribution in [2.24, 2.45) is 0 Å². The number of tetrazole rings is 1. The first-order valence-electron chi connectivity index (χ1n) is 13.1. The van der Waals surface area contributed by atoms with Gasteiger partial charge in [-0.3, -0.25) is 4.79 Å². The number of nitrogens with one attached hydrogen (secondary N) is 2. The highest BCUT2D eigenvalue weighted by atomic mass is 32.1. The zero-order chi connectivity index (χ0) is 25.9. The third-order valence-electron chi connectivity index (χ3n) is 7.24. The van der Waals surface area contributed by atoms with Crippen molar-refractivity contribution in [2.75, 3.05) is 13.2 Å². The smallest absolute Gasteiger partial charge is 0.258 e. The second-order valence-corrected chi connectivity index (χ2v) is 11.0. The van der Waals surface area contributed by atoms with Crippen LogP contribution in [0.5, 0.6) is 0 Å². The van der Waals surface area contributed by atoms with E-state index >= 15 is 0 Å². The van der Waals surface area contributed by atoms with Crippen molar-refractivity contribution in [1.29, 1.82) is 0 Å². The molecule has 0 amide bonds. The average molecular weight is 528 g/mol. The van der Waals surface area contributed by atoms with Gasteiger partial charge in [0.1, 0.15) is 19.2 Å². The van der Waals surface area contributed by atoms with E-state index in [0.717, 1.165) is 54.6 Å². The number of pyridine rings is 1. The summed E-state index contributed by atoms with van der Waals surface area (Å²) in [5, 5.41) is 16.1. The molecular weight excluding hydrogens is 496 g/mol. The minimum atomic E-state index is -0.381. The normalized spacial score (nSPS) is 17.1. The van der Waals surface area contributed by atoms with Gasteiger partial charge in [-0.05, 0) is 70.8 Å². The number of aromatic amines is 1. The first-order valence-corrected chi connectivity index (χ1v) is 13.9. The quantitative estimate of drug-likeness (QED) is 0.307. The second-order valence-electron chi connectivity index (χ2n) is 10.0. The van der Waals surface area contributed by atoms with Gasteiger partial charge in [-0.2, -0.15) is 0 Å². The molecule has 0 spiro atoms. The Labute approximate surface area is 224 Å². The highest BCUT2D eigenvalue weighted by Gasteiger charge is 2.36. The summed E-state index contributed by atoms with van der Waals surface area (Å²) in [4.78, 5) is 19.3. The maximum Gasteiger partial charge on any atom is 0.258 e. The maximum absolute atomic E-state index is 13.7. The van der Waals surface area contributed by atoms with E-state index in [9.17, 15) is 4.79 Å². The van der Waals surface area contributed by atoms with Crippen molar-refractivity contribution in [3.05, 3.63) is 110 Å². The Hall–Kier alpha value is -3.66. The van der Waals surface area contributed by atoms with Gasteiger partial charge in [0, 0.05) is 12.1 Å². The molecule has 2 aromatic carbocycles. The summed E-state index contributed by atoms with van der Waals surface area (Å²) in [7, 11) is 0. The van der Waals surface area contributed by atoms with Gasteiger partial charge in [-0.25, -0.2) is 4.68 Å². The van der Waals surface area contributed by atoms with Crippen LogP contribution in [-0.4, -0.2) is 44.4 Å². The van der Waals surface area contributed by atoms with Crippen LogP contribution in [0.3, 0.4) is 0 Å². The number of hydrogen-bond acceptors (Lipinski definition) is 6. The molecular formula is C29H31N6O2S+. The van der Waals surface area contributed by atoms with E-state index in [2.05, 4.69) is 63.1 Å². The molecule has 194 valence electrons. The summed E-state index contributed by atoms with van der Waals surface area (Å²) >= 11 is 1.73. The molecule has 3 unspecified atom stereocenters. The molecule has 1 aliphatic rings. The number of H-pyrrole nitrogens is 1. The van der Waals surface area contributed by atoms with Crippen LogP contribution in [-0.2, 0) is 17.8 Å². The first-order chi connectivity index (χ1) is 18.6. The van der Waals surface area contributed by atoms with Crippen LogP contribution < -0.4 is 10.5 Å². The molecule has 3 atom stereocenters. The molecule has 6 rings (SSSR count). The SMILES string of the molecule is Cc1ccc2[nH]c(=O)c(C(c3nnnn3Cc3ccccc3)[NH+](Cc3cccs3)CC3CCCO3)cc2c1. The predicted octanol–water partition coefficient (Wildman–Crippen LogP) is 3.29. The van der Waals surface area contributed by atoms with E-state index in [1.54, 1.807) is 11.3 Å². The van der Waals surface area contributed by atoms with Crippen LogP contribution in [0.25, 0.3) is 10.9 Å². The number of thiophene rings is 1. The second kappa shape index (κ2) is 11.0. The van der Waals surface area contributed by atoms with Crippen LogP contribution in [0.4, 0.5) is 0 Å². The Kier molecular flexibility index (Phi) is 7.13. The number of rotatable bonds is 9. The van der Waals surface area contributed by atoms with Gasteiger partial charge in [0.05, 0.1) is 17.0 Å². The fourth-order valence-electron chi connectivity index (χ4n) is 5.41. The third-order valence-corrected chi connectivity index (χ3v) is 8.11.